The average molecular weight is 188 g/mol. The van der Waals surface area contributed by atoms with E-state index in [2.05, 4.69) is 0 Å². The van der Waals surface area contributed by atoms with Gasteiger partial charge in [-0.15, -0.1) is 0 Å². The minimum Gasteiger partial charge on any atom is -0.361 e. The quantitative estimate of drug-likeness (QED) is 0.536. The van der Waals surface area contributed by atoms with Gasteiger partial charge in [-0.25, -0.2) is 0 Å². The molecule has 1 saturated heterocycles. The summed E-state index contributed by atoms with van der Waals surface area (Å²) in [4.78, 5) is 11.5. The summed E-state index contributed by atoms with van der Waals surface area (Å²) in [5.41, 5.74) is 0.496. The number of carbonyl (C=O) groups excluding carboxylic acids is 1. The van der Waals surface area contributed by atoms with E-state index in [0.29, 0.717) is 6.61 Å². The van der Waals surface area contributed by atoms with Gasteiger partial charge in [0.25, 0.3) is 0 Å². The summed E-state index contributed by atoms with van der Waals surface area (Å²) < 4.78 is 5.05. The van der Waals surface area contributed by atoms with Crippen LogP contribution in [0.2, 0.25) is 0 Å². The molecule has 2 nitrogen and oxygen atoms in total. The van der Waals surface area contributed by atoms with Crippen LogP contribution in [0.15, 0.2) is 36.4 Å². The maximum Gasteiger partial charge on any atom is 0.189 e. The molecule has 1 aliphatic heterocycles. The molecule has 0 spiro atoms. The van der Waals surface area contributed by atoms with E-state index >= 15 is 0 Å². The van der Waals surface area contributed by atoms with Crippen molar-refractivity contribution < 1.29 is 9.53 Å². The number of rotatable bonds is 3. The first-order valence-electron chi connectivity index (χ1n) is 4.62. The van der Waals surface area contributed by atoms with Crippen LogP contribution in [0.4, 0.5) is 0 Å². The van der Waals surface area contributed by atoms with E-state index in [1.165, 1.54) is 0 Å². The average Bonchev–Trinajstić information content (AvgIpc) is 2.96. The fourth-order valence-electron chi connectivity index (χ4n) is 1.16. The molecule has 2 heteroatoms. The van der Waals surface area contributed by atoms with Crippen LogP contribution in [0.25, 0.3) is 6.08 Å². The van der Waals surface area contributed by atoms with Crippen molar-refractivity contribution in [3.63, 3.8) is 0 Å². The second-order valence-corrected chi connectivity index (χ2v) is 3.63. The highest BCUT2D eigenvalue weighted by Crippen LogP contribution is 2.27. The number of ether oxygens (including phenoxy) is 1. The van der Waals surface area contributed by atoms with Crippen molar-refractivity contribution in [1.82, 2.24) is 0 Å². The van der Waals surface area contributed by atoms with Gasteiger partial charge >= 0.3 is 0 Å². The molecule has 1 atom stereocenters. The summed E-state index contributed by atoms with van der Waals surface area (Å²) in [6, 6.07) is 9.75. The van der Waals surface area contributed by atoms with E-state index in [9.17, 15) is 4.79 Å². The van der Waals surface area contributed by atoms with Gasteiger partial charge in [-0.1, -0.05) is 36.4 Å². The van der Waals surface area contributed by atoms with E-state index in [1.807, 2.05) is 43.3 Å². The van der Waals surface area contributed by atoms with Gasteiger partial charge in [-0.3, -0.25) is 4.79 Å². The Morgan fingerprint density at radius 2 is 2.07 bits per heavy atom. The van der Waals surface area contributed by atoms with Gasteiger partial charge < -0.3 is 4.74 Å². The second kappa shape index (κ2) is 3.39. The zero-order valence-electron chi connectivity index (χ0n) is 8.07. The summed E-state index contributed by atoms with van der Waals surface area (Å²) in [7, 11) is 0. The number of ketones is 1. The number of hydrogen-bond acceptors (Lipinski definition) is 2. The van der Waals surface area contributed by atoms with Crippen LogP contribution in [0.5, 0.6) is 0 Å². The van der Waals surface area contributed by atoms with Crippen LogP contribution in [-0.4, -0.2) is 18.0 Å². The van der Waals surface area contributed by atoms with Crippen molar-refractivity contribution in [3.8, 4) is 0 Å². The van der Waals surface area contributed by atoms with Crippen LogP contribution < -0.4 is 0 Å². The Hall–Kier alpha value is -1.41. The zero-order chi connectivity index (χ0) is 10.0. The SMILES string of the molecule is C[C@]1(C(=O)/C=C/c2ccccc2)CO1. The van der Waals surface area contributed by atoms with E-state index in [4.69, 9.17) is 4.74 Å². The Kier molecular flexibility index (Phi) is 2.22. The topological polar surface area (TPSA) is 29.6 Å². The molecule has 0 aromatic heterocycles. The maximum atomic E-state index is 11.5. The van der Waals surface area contributed by atoms with Crippen molar-refractivity contribution in [2.75, 3.05) is 6.61 Å². The molecule has 0 amide bonds. The highest BCUT2D eigenvalue weighted by atomic mass is 16.6. The van der Waals surface area contributed by atoms with E-state index < -0.39 is 5.60 Å². The van der Waals surface area contributed by atoms with Gasteiger partial charge in [-0.05, 0) is 18.6 Å². The molecule has 1 aliphatic rings. The second-order valence-electron chi connectivity index (χ2n) is 3.63. The lowest BCUT2D eigenvalue weighted by molar-refractivity contribution is -0.118. The van der Waals surface area contributed by atoms with Crippen molar-refractivity contribution in [2.45, 2.75) is 12.5 Å². The molecule has 0 radical (unpaired) electrons. The lowest BCUT2D eigenvalue weighted by Gasteiger charge is -1.97. The Morgan fingerprint density at radius 1 is 1.43 bits per heavy atom. The molecule has 2 rings (SSSR count). The molecule has 0 unspecified atom stereocenters. The highest BCUT2D eigenvalue weighted by molar-refractivity contribution is 6.01. The van der Waals surface area contributed by atoms with Gasteiger partial charge in [-0.2, -0.15) is 0 Å². The molecule has 0 saturated carbocycles. The third kappa shape index (κ3) is 1.91. The Morgan fingerprint density at radius 3 is 2.64 bits per heavy atom. The first-order chi connectivity index (χ1) is 6.71. The molecule has 0 aliphatic carbocycles. The monoisotopic (exact) mass is 188 g/mol. The highest BCUT2D eigenvalue weighted by Gasteiger charge is 2.45. The molecule has 1 fully saturated rings. The normalized spacial score (nSPS) is 25.2. The minimum absolute atomic E-state index is 0.0429. The molecule has 1 aromatic rings. The fraction of sp³-hybridized carbons (Fsp3) is 0.250. The first-order valence-corrected chi connectivity index (χ1v) is 4.62. The molecule has 14 heavy (non-hydrogen) atoms. The van der Waals surface area contributed by atoms with Crippen molar-refractivity contribution in [2.24, 2.45) is 0 Å². The molecular weight excluding hydrogens is 176 g/mol. The molecule has 1 aromatic carbocycles. The van der Waals surface area contributed by atoms with Gasteiger partial charge in [0, 0.05) is 0 Å². The lowest BCUT2D eigenvalue weighted by Crippen LogP contribution is -2.17. The Labute approximate surface area is 83.2 Å². The molecule has 1 heterocycles. The number of epoxide rings is 1. The molecular formula is C12H12O2. The Bertz CT molecular complexity index is 361. The summed E-state index contributed by atoms with van der Waals surface area (Å²) in [6.07, 6.45) is 3.40. The summed E-state index contributed by atoms with van der Waals surface area (Å²) in [5, 5.41) is 0. The minimum atomic E-state index is -0.536. The lowest BCUT2D eigenvalue weighted by atomic mass is 10.1. The summed E-state index contributed by atoms with van der Waals surface area (Å²) in [6.45, 7) is 2.36. The number of hydrogen-bond donors (Lipinski definition) is 0. The summed E-state index contributed by atoms with van der Waals surface area (Å²) in [5.74, 6) is 0.0429. The summed E-state index contributed by atoms with van der Waals surface area (Å²) >= 11 is 0. The third-order valence-electron chi connectivity index (χ3n) is 2.33. The van der Waals surface area contributed by atoms with Gasteiger partial charge in [0.1, 0.15) is 0 Å². The van der Waals surface area contributed by atoms with Crippen LogP contribution in [0.1, 0.15) is 12.5 Å². The smallest absolute Gasteiger partial charge is 0.189 e. The molecule has 0 N–H and O–H groups in total. The van der Waals surface area contributed by atoms with Crippen molar-refractivity contribution in [1.29, 1.82) is 0 Å². The fourth-order valence-corrected chi connectivity index (χ4v) is 1.16. The maximum absolute atomic E-state index is 11.5. The van der Waals surface area contributed by atoms with Crippen LogP contribution >= 0.6 is 0 Å². The predicted octanol–water partition coefficient (Wildman–Crippen LogP) is 2.06. The number of carbonyl (C=O) groups is 1. The largest absolute Gasteiger partial charge is 0.361 e. The molecule has 72 valence electrons. The van der Waals surface area contributed by atoms with Crippen LogP contribution in [0, 0.1) is 0 Å². The predicted molar refractivity (Wildman–Crippen MR) is 54.8 cm³/mol. The first kappa shape index (κ1) is 9.16. The van der Waals surface area contributed by atoms with Crippen LogP contribution in [-0.2, 0) is 9.53 Å². The Balaban J connectivity index is 2.04. The van der Waals surface area contributed by atoms with E-state index in [1.54, 1.807) is 6.08 Å². The van der Waals surface area contributed by atoms with Gasteiger partial charge in [0.05, 0.1) is 6.61 Å². The molecule has 0 bridgehead atoms. The zero-order valence-corrected chi connectivity index (χ0v) is 8.07. The van der Waals surface area contributed by atoms with Crippen molar-refractivity contribution in [3.05, 3.63) is 42.0 Å². The third-order valence-corrected chi connectivity index (χ3v) is 2.33. The van der Waals surface area contributed by atoms with E-state index in [0.717, 1.165) is 5.56 Å². The van der Waals surface area contributed by atoms with Crippen molar-refractivity contribution >= 4 is 11.9 Å². The standard InChI is InChI=1S/C12H12O2/c1-12(9-14-12)11(13)8-7-10-5-3-2-4-6-10/h2-8H,9H2,1H3/b8-7+/t12-/m1/s1. The van der Waals surface area contributed by atoms with Gasteiger partial charge in [0.15, 0.2) is 11.4 Å². The van der Waals surface area contributed by atoms with Gasteiger partial charge in [0.2, 0.25) is 0 Å². The number of benzene rings is 1. The van der Waals surface area contributed by atoms with E-state index in [-0.39, 0.29) is 5.78 Å². The van der Waals surface area contributed by atoms with Crippen LogP contribution in [0.3, 0.4) is 0 Å².